The molecule has 0 unspecified atom stereocenters. The summed E-state index contributed by atoms with van der Waals surface area (Å²) in [6, 6.07) is 5.78. The monoisotopic (exact) mass is 350 g/mol. The first-order valence-electron chi connectivity index (χ1n) is 8.87. The van der Waals surface area contributed by atoms with E-state index in [0.717, 1.165) is 53.9 Å². The lowest BCUT2D eigenvalue weighted by atomic mass is 9.87. The summed E-state index contributed by atoms with van der Waals surface area (Å²) < 4.78 is 1.95. The molecule has 0 atom stereocenters. The van der Waals surface area contributed by atoms with Crippen molar-refractivity contribution in [2.75, 3.05) is 32.0 Å². The Morgan fingerprint density at radius 1 is 1.19 bits per heavy atom. The molecule has 2 aromatic heterocycles. The van der Waals surface area contributed by atoms with Gasteiger partial charge in [-0.15, -0.1) is 0 Å². The van der Waals surface area contributed by atoms with Gasteiger partial charge in [-0.05, 0) is 38.2 Å². The van der Waals surface area contributed by atoms with Crippen LogP contribution >= 0.6 is 0 Å². The van der Waals surface area contributed by atoms with E-state index >= 15 is 0 Å². The predicted molar refractivity (Wildman–Crippen MR) is 102 cm³/mol. The van der Waals surface area contributed by atoms with Crippen LogP contribution in [0.3, 0.4) is 0 Å². The SMILES string of the molecule is CNCCNc1ccc2c3c(nn2CCCN)-c2cnccc2C(=O)c13. The third-order valence-electron chi connectivity index (χ3n) is 4.73. The van der Waals surface area contributed by atoms with Gasteiger partial charge in [0.05, 0.1) is 11.1 Å². The number of fused-ring (bicyclic) bond motifs is 2. The lowest BCUT2D eigenvalue weighted by Gasteiger charge is -2.18. The molecule has 26 heavy (non-hydrogen) atoms. The molecule has 4 rings (SSSR count). The van der Waals surface area contributed by atoms with Crippen molar-refractivity contribution < 1.29 is 4.79 Å². The molecule has 0 aliphatic heterocycles. The van der Waals surface area contributed by atoms with Crippen LogP contribution in [-0.4, -0.2) is 47.2 Å². The quantitative estimate of drug-likeness (QED) is 0.438. The van der Waals surface area contributed by atoms with Gasteiger partial charge >= 0.3 is 0 Å². The van der Waals surface area contributed by atoms with Crippen molar-refractivity contribution in [2.45, 2.75) is 13.0 Å². The van der Waals surface area contributed by atoms with Gasteiger partial charge in [-0.2, -0.15) is 5.10 Å². The van der Waals surface area contributed by atoms with Crippen LogP contribution in [0.4, 0.5) is 5.69 Å². The minimum absolute atomic E-state index is 0.0193. The van der Waals surface area contributed by atoms with E-state index in [2.05, 4.69) is 15.6 Å². The molecule has 134 valence electrons. The molecule has 0 fully saturated rings. The Morgan fingerprint density at radius 3 is 2.88 bits per heavy atom. The number of nitrogens with two attached hydrogens (primary N) is 1. The van der Waals surface area contributed by atoms with Crippen LogP contribution in [0.1, 0.15) is 22.3 Å². The lowest BCUT2D eigenvalue weighted by molar-refractivity contribution is 0.104. The minimum atomic E-state index is 0.0193. The molecular weight excluding hydrogens is 328 g/mol. The molecule has 7 heteroatoms. The van der Waals surface area contributed by atoms with Crippen LogP contribution in [0.15, 0.2) is 30.6 Å². The summed E-state index contributed by atoms with van der Waals surface area (Å²) in [7, 11) is 1.91. The second-order valence-corrected chi connectivity index (χ2v) is 6.38. The Morgan fingerprint density at radius 2 is 2.08 bits per heavy atom. The van der Waals surface area contributed by atoms with Crippen molar-refractivity contribution in [1.29, 1.82) is 0 Å². The molecule has 0 amide bonds. The summed E-state index contributed by atoms with van der Waals surface area (Å²) in [5.41, 5.74) is 10.5. The summed E-state index contributed by atoms with van der Waals surface area (Å²) in [4.78, 5) is 17.4. The minimum Gasteiger partial charge on any atom is -0.383 e. The number of hydrogen-bond acceptors (Lipinski definition) is 6. The Hall–Kier alpha value is -2.77. The number of aryl methyl sites for hydroxylation is 1. The normalized spacial score (nSPS) is 12.5. The van der Waals surface area contributed by atoms with Crippen molar-refractivity contribution in [3.63, 3.8) is 0 Å². The van der Waals surface area contributed by atoms with Crippen LogP contribution in [0.25, 0.3) is 22.2 Å². The first-order valence-corrected chi connectivity index (χ1v) is 8.87. The standard InChI is InChI=1S/C19H22N6O/c1-21-8-9-23-14-3-4-15-17-16(14)19(26)12-5-7-22-11-13(12)18(17)24-25(15)10-2-6-20/h3-5,7,11,21,23H,2,6,8-10,20H2,1H3. The van der Waals surface area contributed by atoms with Gasteiger partial charge in [0.25, 0.3) is 0 Å². The summed E-state index contributed by atoms with van der Waals surface area (Å²) in [6.45, 7) is 2.88. The molecular formula is C19H22N6O. The van der Waals surface area contributed by atoms with E-state index in [-0.39, 0.29) is 5.78 Å². The average Bonchev–Trinajstić information content (AvgIpc) is 3.04. The zero-order chi connectivity index (χ0) is 18.1. The number of nitrogens with one attached hydrogen (secondary N) is 2. The summed E-state index contributed by atoms with van der Waals surface area (Å²) in [6.07, 6.45) is 4.22. The average molecular weight is 350 g/mol. The predicted octanol–water partition coefficient (Wildman–Crippen LogP) is 1.62. The molecule has 2 heterocycles. The second-order valence-electron chi connectivity index (χ2n) is 6.38. The molecule has 0 spiro atoms. The van der Waals surface area contributed by atoms with E-state index < -0.39 is 0 Å². The summed E-state index contributed by atoms with van der Waals surface area (Å²) in [5, 5.41) is 12.2. The van der Waals surface area contributed by atoms with Crippen LogP contribution < -0.4 is 16.4 Å². The van der Waals surface area contributed by atoms with E-state index in [9.17, 15) is 4.79 Å². The topological polar surface area (TPSA) is 97.9 Å². The number of carbonyl (C=O) groups excluding carboxylic acids is 1. The maximum Gasteiger partial charge on any atom is 0.196 e. The van der Waals surface area contributed by atoms with E-state index in [0.29, 0.717) is 17.7 Å². The largest absolute Gasteiger partial charge is 0.383 e. The summed E-state index contributed by atoms with van der Waals surface area (Å²) >= 11 is 0. The van der Waals surface area contributed by atoms with Crippen molar-refractivity contribution in [3.05, 3.63) is 41.7 Å². The van der Waals surface area contributed by atoms with Gasteiger partial charge in [-0.3, -0.25) is 14.5 Å². The molecule has 3 aromatic rings. The highest BCUT2D eigenvalue weighted by Crippen LogP contribution is 2.41. The van der Waals surface area contributed by atoms with Crippen molar-refractivity contribution >= 4 is 22.4 Å². The third-order valence-corrected chi connectivity index (χ3v) is 4.73. The molecule has 0 radical (unpaired) electrons. The fourth-order valence-corrected chi connectivity index (χ4v) is 3.49. The first kappa shape index (κ1) is 16.7. The molecule has 4 N–H and O–H groups in total. The molecule has 7 nitrogen and oxygen atoms in total. The zero-order valence-corrected chi connectivity index (χ0v) is 14.7. The molecule has 1 aliphatic carbocycles. The Labute approximate surface area is 151 Å². The number of rotatable bonds is 7. The number of anilines is 1. The molecule has 0 saturated carbocycles. The zero-order valence-electron chi connectivity index (χ0n) is 14.7. The number of hydrogen-bond donors (Lipinski definition) is 3. The van der Waals surface area contributed by atoms with E-state index in [4.69, 9.17) is 10.8 Å². The Kier molecular flexibility index (Phi) is 4.40. The number of likely N-dealkylation sites (N-methyl/N-ethyl adjacent to an activating group) is 1. The van der Waals surface area contributed by atoms with Gasteiger partial charge in [0.15, 0.2) is 5.78 Å². The number of benzene rings is 1. The van der Waals surface area contributed by atoms with Gasteiger partial charge in [-0.1, -0.05) is 0 Å². The van der Waals surface area contributed by atoms with Crippen molar-refractivity contribution in [3.8, 4) is 11.3 Å². The van der Waals surface area contributed by atoms with Crippen LogP contribution in [0.5, 0.6) is 0 Å². The van der Waals surface area contributed by atoms with Gasteiger partial charge in [0.1, 0.15) is 5.69 Å². The highest BCUT2D eigenvalue weighted by molar-refractivity contribution is 6.27. The third kappa shape index (κ3) is 2.56. The fraction of sp³-hybridized carbons (Fsp3) is 0.316. The molecule has 0 bridgehead atoms. The van der Waals surface area contributed by atoms with Gasteiger partial charge in [0, 0.05) is 54.2 Å². The number of ketones is 1. The second kappa shape index (κ2) is 6.86. The van der Waals surface area contributed by atoms with Crippen LogP contribution in [0, 0.1) is 0 Å². The molecule has 1 aliphatic rings. The smallest absolute Gasteiger partial charge is 0.196 e. The van der Waals surface area contributed by atoms with E-state index in [1.165, 1.54) is 0 Å². The van der Waals surface area contributed by atoms with E-state index in [1.54, 1.807) is 18.5 Å². The maximum atomic E-state index is 13.2. The number of aromatic nitrogens is 3. The van der Waals surface area contributed by atoms with Crippen LogP contribution in [0.2, 0.25) is 0 Å². The first-order chi connectivity index (χ1) is 12.8. The molecule has 0 saturated heterocycles. The number of carbonyl (C=O) groups is 1. The molecule has 1 aromatic carbocycles. The lowest BCUT2D eigenvalue weighted by Crippen LogP contribution is -2.20. The van der Waals surface area contributed by atoms with Crippen LogP contribution in [-0.2, 0) is 6.54 Å². The Bertz CT molecular complexity index is 978. The maximum absolute atomic E-state index is 13.2. The summed E-state index contributed by atoms with van der Waals surface area (Å²) in [5.74, 6) is 0.0193. The fourth-order valence-electron chi connectivity index (χ4n) is 3.49. The highest BCUT2D eigenvalue weighted by atomic mass is 16.1. The Balaban J connectivity index is 1.93. The highest BCUT2D eigenvalue weighted by Gasteiger charge is 2.31. The van der Waals surface area contributed by atoms with Gasteiger partial charge in [-0.25, -0.2) is 0 Å². The van der Waals surface area contributed by atoms with Crippen molar-refractivity contribution in [1.82, 2.24) is 20.1 Å². The number of nitrogens with zero attached hydrogens (tertiary/aromatic N) is 3. The van der Waals surface area contributed by atoms with Gasteiger partial charge in [0.2, 0.25) is 0 Å². The van der Waals surface area contributed by atoms with Gasteiger partial charge < -0.3 is 16.4 Å². The number of pyridine rings is 1. The van der Waals surface area contributed by atoms with Crippen molar-refractivity contribution in [2.24, 2.45) is 5.73 Å². The van der Waals surface area contributed by atoms with E-state index in [1.807, 2.05) is 23.9 Å².